The predicted molar refractivity (Wildman–Crippen MR) is 95.7 cm³/mol. The van der Waals surface area contributed by atoms with Crippen LogP contribution in [0.1, 0.15) is 13.3 Å². The van der Waals surface area contributed by atoms with E-state index in [1.807, 2.05) is 59.1 Å². The second kappa shape index (κ2) is 6.96. The maximum atomic E-state index is 12.7. The molecule has 0 aromatic heterocycles. The summed E-state index contributed by atoms with van der Waals surface area (Å²) in [6.07, 6.45) is 1.03. The lowest BCUT2D eigenvalue weighted by atomic mass is 10.2. The highest BCUT2D eigenvalue weighted by Gasteiger charge is 2.28. The zero-order valence-electron chi connectivity index (χ0n) is 13.3. The second-order valence-corrected chi connectivity index (χ2v) is 6.73. The fourth-order valence-electron chi connectivity index (χ4n) is 2.57. The number of nitrogens with zero attached hydrogens (tertiary/aromatic N) is 1. The highest BCUT2D eigenvalue weighted by Crippen LogP contribution is 2.39. The van der Waals surface area contributed by atoms with Crippen molar-refractivity contribution in [2.24, 2.45) is 0 Å². The molecule has 0 fully saturated rings. The van der Waals surface area contributed by atoms with Gasteiger partial charge in [0.1, 0.15) is 5.75 Å². The zero-order chi connectivity index (χ0) is 16.2. The van der Waals surface area contributed by atoms with Gasteiger partial charge in [-0.1, -0.05) is 19.1 Å². The summed E-state index contributed by atoms with van der Waals surface area (Å²) in [4.78, 5) is 15.7. The molecule has 1 aliphatic heterocycles. The van der Waals surface area contributed by atoms with E-state index in [1.165, 1.54) is 0 Å². The van der Waals surface area contributed by atoms with Crippen LogP contribution in [0.25, 0.3) is 0 Å². The fraction of sp³-hybridized carbons (Fsp3) is 0.278. The lowest BCUT2D eigenvalue weighted by Crippen LogP contribution is -2.41. The quantitative estimate of drug-likeness (QED) is 0.894. The van der Waals surface area contributed by atoms with E-state index in [9.17, 15) is 4.79 Å². The first-order valence-electron chi connectivity index (χ1n) is 7.69. The van der Waals surface area contributed by atoms with E-state index < -0.39 is 0 Å². The van der Waals surface area contributed by atoms with Crippen LogP contribution in [0.15, 0.2) is 53.4 Å². The van der Waals surface area contributed by atoms with E-state index in [0.29, 0.717) is 5.25 Å². The number of ether oxygens (including phenoxy) is 1. The summed E-state index contributed by atoms with van der Waals surface area (Å²) in [5.41, 5.74) is 1.74. The van der Waals surface area contributed by atoms with Gasteiger partial charge in [-0.15, -0.1) is 11.8 Å². The molecular weight excluding hydrogens is 308 g/mol. The number of urea groups is 1. The number of carbonyl (C=O) groups excluding carboxylic acids is 1. The third-order valence-electron chi connectivity index (χ3n) is 3.88. The average molecular weight is 328 g/mol. The molecule has 0 radical (unpaired) electrons. The molecular formula is C18H20N2O2S. The van der Waals surface area contributed by atoms with Crippen LogP contribution in [-0.2, 0) is 0 Å². The molecule has 120 valence electrons. The molecule has 0 aliphatic carbocycles. The summed E-state index contributed by atoms with van der Waals surface area (Å²) in [5, 5.41) is 3.39. The van der Waals surface area contributed by atoms with E-state index in [-0.39, 0.29) is 6.03 Å². The number of carbonyl (C=O) groups is 1. The number of hydrogen-bond donors (Lipinski definition) is 1. The number of rotatable bonds is 3. The first-order valence-corrected chi connectivity index (χ1v) is 8.57. The van der Waals surface area contributed by atoms with Crippen molar-refractivity contribution < 1.29 is 9.53 Å². The number of hydrogen-bond acceptors (Lipinski definition) is 3. The maximum absolute atomic E-state index is 12.7. The van der Waals surface area contributed by atoms with Crippen molar-refractivity contribution in [3.63, 3.8) is 0 Å². The minimum atomic E-state index is -0.0960. The Morgan fingerprint density at radius 3 is 2.70 bits per heavy atom. The lowest BCUT2D eigenvalue weighted by Gasteiger charge is -2.33. The number of methoxy groups -OCH3 is 1. The maximum Gasteiger partial charge on any atom is 0.326 e. The van der Waals surface area contributed by atoms with Crippen molar-refractivity contribution in [3.05, 3.63) is 48.5 Å². The van der Waals surface area contributed by atoms with Crippen LogP contribution < -0.4 is 15.0 Å². The Hall–Kier alpha value is -2.14. The van der Waals surface area contributed by atoms with Gasteiger partial charge in [0.25, 0.3) is 0 Å². The number of thioether (sulfide) groups is 1. The summed E-state index contributed by atoms with van der Waals surface area (Å²) in [6, 6.07) is 15.3. The molecule has 3 rings (SSSR count). The van der Waals surface area contributed by atoms with Crippen molar-refractivity contribution in [1.82, 2.24) is 0 Å². The predicted octanol–water partition coefficient (Wildman–Crippen LogP) is 4.62. The molecule has 2 aromatic rings. The highest BCUT2D eigenvalue weighted by atomic mass is 32.2. The van der Waals surface area contributed by atoms with E-state index in [0.717, 1.165) is 35.0 Å². The number of fused-ring (bicyclic) bond motifs is 1. The Bertz CT molecular complexity index is 688. The van der Waals surface area contributed by atoms with Gasteiger partial charge >= 0.3 is 6.03 Å². The SMILES string of the molecule is CCC1CN(C(=O)Nc2ccc(OC)cc2)c2ccccc2S1. The minimum absolute atomic E-state index is 0.0960. The topological polar surface area (TPSA) is 41.6 Å². The summed E-state index contributed by atoms with van der Waals surface area (Å²) in [7, 11) is 1.63. The Kier molecular flexibility index (Phi) is 4.76. The van der Waals surface area contributed by atoms with Crippen molar-refractivity contribution in [1.29, 1.82) is 0 Å². The van der Waals surface area contributed by atoms with Gasteiger partial charge in [-0.05, 0) is 42.8 Å². The van der Waals surface area contributed by atoms with Crippen molar-refractivity contribution in [3.8, 4) is 5.75 Å². The molecule has 1 unspecified atom stereocenters. The number of para-hydroxylation sites is 1. The molecule has 0 spiro atoms. The first-order chi connectivity index (χ1) is 11.2. The van der Waals surface area contributed by atoms with E-state index in [4.69, 9.17) is 4.74 Å². The van der Waals surface area contributed by atoms with Crippen LogP contribution in [0.2, 0.25) is 0 Å². The molecule has 2 aromatic carbocycles. The fourth-order valence-corrected chi connectivity index (χ4v) is 3.77. The van der Waals surface area contributed by atoms with Crippen LogP contribution in [0.3, 0.4) is 0 Å². The normalized spacial score (nSPS) is 16.6. The summed E-state index contributed by atoms with van der Waals surface area (Å²) < 4.78 is 5.14. The molecule has 2 amide bonds. The van der Waals surface area contributed by atoms with Gasteiger partial charge in [0.05, 0.1) is 12.8 Å². The molecule has 0 saturated heterocycles. The molecule has 1 N–H and O–H groups in total. The van der Waals surface area contributed by atoms with Gasteiger partial charge < -0.3 is 10.1 Å². The Labute approximate surface area is 140 Å². The molecule has 0 saturated carbocycles. The van der Waals surface area contributed by atoms with Gasteiger partial charge in [0, 0.05) is 22.4 Å². The first kappa shape index (κ1) is 15.7. The molecule has 1 heterocycles. The molecule has 1 aliphatic rings. The third-order valence-corrected chi connectivity index (χ3v) is 5.29. The molecule has 1 atom stereocenters. The highest BCUT2D eigenvalue weighted by molar-refractivity contribution is 8.00. The molecule has 4 nitrogen and oxygen atoms in total. The summed E-state index contributed by atoms with van der Waals surface area (Å²) in [6.45, 7) is 2.88. The van der Waals surface area contributed by atoms with Gasteiger partial charge in [0.2, 0.25) is 0 Å². The van der Waals surface area contributed by atoms with Crippen LogP contribution >= 0.6 is 11.8 Å². The van der Waals surface area contributed by atoms with Crippen molar-refractivity contribution >= 4 is 29.2 Å². The van der Waals surface area contributed by atoms with Crippen LogP contribution in [0.4, 0.5) is 16.2 Å². The number of nitrogens with one attached hydrogen (secondary N) is 1. The number of amides is 2. The average Bonchev–Trinajstić information content (AvgIpc) is 2.61. The zero-order valence-corrected chi connectivity index (χ0v) is 14.1. The van der Waals surface area contributed by atoms with E-state index in [2.05, 4.69) is 18.3 Å². The van der Waals surface area contributed by atoms with E-state index in [1.54, 1.807) is 7.11 Å². The third kappa shape index (κ3) is 3.45. The largest absolute Gasteiger partial charge is 0.497 e. The molecule has 0 bridgehead atoms. The number of anilines is 2. The van der Waals surface area contributed by atoms with Crippen LogP contribution in [0.5, 0.6) is 5.75 Å². The molecule has 5 heteroatoms. The molecule has 23 heavy (non-hydrogen) atoms. The van der Waals surface area contributed by atoms with Gasteiger partial charge in [-0.2, -0.15) is 0 Å². The second-order valence-electron chi connectivity index (χ2n) is 5.39. The van der Waals surface area contributed by atoms with E-state index >= 15 is 0 Å². The van der Waals surface area contributed by atoms with Crippen molar-refractivity contribution in [2.45, 2.75) is 23.5 Å². The van der Waals surface area contributed by atoms with Crippen molar-refractivity contribution in [2.75, 3.05) is 23.9 Å². The standard InChI is InChI=1S/C18H20N2O2S/c1-3-15-12-20(16-6-4-5-7-17(16)23-15)18(21)19-13-8-10-14(22-2)11-9-13/h4-11,15H,3,12H2,1-2H3,(H,19,21). The monoisotopic (exact) mass is 328 g/mol. The Morgan fingerprint density at radius 1 is 1.26 bits per heavy atom. The van der Waals surface area contributed by atoms with Gasteiger partial charge in [-0.25, -0.2) is 4.79 Å². The number of benzene rings is 2. The Morgan fingerprint density at radius 2 is 2.00 bits per heavy atom. The van der Waals surface area contributed by atoms with Crippen LogP contribution in [-0.4, -0.2) is 24.9 Å². The lowest BCUT2D eigenvalue weighted by molar-refractivity contribution is 0.256. The van der Waals surface area contributed by atoms with Gasteiger partial charge in [-0.3, -0.25) is 4.90 Å². The summed E-state index contributed by atoms with van der Waals surface area (Å²) in [5.74, 6) is 0.772. The van der Waals surface area contributed by atoms with Crippen LogP contribution in [0, 0.1) is 0 Å². The minimum Gasteiger partial charge on any atom is -0.497 e. The summed E-state index contributed by atoms with van der Waals surface area (Å²) >= 11 is 1.85. The van der Waals surface area contributed by atoms with Gasteiger partial charge in [0.15, 0.2) is 0 Å². The smallest absolute Gasteiger partial charge is 0.326 e. The Balaban J connectivity index is 1.80.